The van der Waals surface area contributed by atoms with Crippen LogP contribution in [-0.2, 0) is 0 Å². The van der Waals surface area contributed by atoms with Gasteiger partial charge in [0.15, 0.2) is 0 Å². The summed E-state index contributed by atoms with van der Waals surface area (Å²) in [6.07, 6.45) is 1.77. The third-order valence-electron chi connectivity index (χ3n) is 2.15. The molecule has 0 radical (unpaired) electrons. The number of nitrogens with one attached hydrogen (secondary N) is 1. The lowest BCUT2D eigenvalue weighted by atomic mass is 10.3. The highest BCUT2D eigenvalue weighted by molar-refractivity contribution is 5.85. The molecule has 1 aromatic carbocycles. The number of benzene rings is 1. The minimum atomic E-state index is -0.0885. The molecule has 0 aliphatic rings. The van der Waals surface area contributed by atoms with E-state index in [0.717, 1.165) is 18.6 Å². The van der Waals surface area contributed by atoms with Crippen molar-refractivity contribution in [3.63, 3.8) is 0 Å². The average Bonchev–Trinajstić information content (AvgIpc) is 2.41. The molecule has 7 nitrogen and oxygen atoms in total. The molecule has 0 unspecified atom stereocenters. The van der Waals surface area contributed by atoms with E-state index in [1.165, 1.54) is 0 Å². The molecule has 0 spiro atoms. The predicted molar refractivity (Wildman–Crippen MR) is 83.9 cm³/mol. The molecule has 0 aliphatic heterocycles. The molecule has 0 saturated heterocycles. The van der Waals surface area contributed by atoms with Gasteiger partial charge in [-0.15, -0.1) is 17.5 Å². The van der Waals surface area contributed by atoms with E-state index in [2.05, 4.69) is 15.5 Å². The van der Waals surface area contributed by atoms with Gasteiger partial charge in [0.1, 0.15) is 5.75 Å². The summed E-state index contributed by atoms with van der Waals surface area (Å²) in [6, 6.07) is 9.68. The minimum Gasteiger partial charge on any atom is -0.494 e. The van der Waals surface area contributed by atoms with Gasteiger partial charge in [-0.2, -0.15) is 0 Å². The Labute approximate surface area is 124 Å². The number of nitrogens with two attached hydrogens (primary N) is 3. The first kappa shape index (κ1) is 17.8. The maximum absolute atomic E-state index is 5.54. The fourth-order valence-corrected chi connectivity index (χ4v) is 1.28. The van der Waals surface area contributed by atoms with Crippen molar-refractivity contribution in [2.45, 2.75) is 12.8 Å². The highest BCUT2D eigenvalue weighted by atomic mass is 35.5. The minimum absolute atomic E-state index is 0. The molecule has 8 heteroatoms. The number of ether oxygens (including phenoxy) is 1. The molecule has 0 aromatic heterocycles. The van der Waals surface area contributed by atoms with E-state index < -0.39 is 0 Å². The number of nitrogens with zero attached hydrogens (tertiary/aromatic N) is 2. The molecule has 0 heterocycles. The Morgan fingerprint density at radius 3 is 2.45 bits per heavy atom. The number of guanidine groups is 2. The molecule has 0 bridgehead atoms. The summed E-state index contributed by atoms with van der Waals surface area (Å²) in [5, 5.41) is 3.52. The van der Waals surface area contributed by atoms with Crippen molar-refractivity contribution >= 4 is 24.3 Å². The Morgan fingerprint density at radius 1 is 1.10 bits per heavy atom. The van der Waals surface area contributed by atoms with Crippen LogP contribution >= 0.6 is 12.4 Å². The Balaban J connectivity index is 0.00000361. The van der Waals surface area contributed by atoms with Crippen LogP contribution in [0.2, 0.25) is 0 Å². The first-order chi connectivity index (χ1) is 9.18. The Kier molecular flexibility index (Phi) is 9.59. The van der Waals surface area contributed by atoms with E-state index >= 15 is 0 Å². The zero-order valence-electron chi connectivity index (χ0n) is 11.2. The summed E-state index contributed by atoms with van der Waals surface area (Å²) < 4.78 is 5.54. The lowest BCUT2D eigenvalue weighted by Gasteiger charge is -2.04. The monoisotopic (exact) mass is 300 g/mol. The molecular formula is C12H21ClN6O. The van der Waals surface area contributed by atoms with Gasteiger partial charge in [0.2, 0.25) is 11.9 Å². The van der Waals surface area contributed by atoms with Crippen molar-refractivity contribution in [1.82, 2.24) is 5.43 Å². The van der Waals surface area contributed by atoms with Crippen LogP contribution in [0.25, 0.3) is 0 Å². The summed E-state index contributed by atoms with van der Waals surface area (Å²) in [5.41, 5.74) is 18.2. The number of hydrogen-bond acceptors (Lipinski definition) is 3. The van der Waals surface area contributed by atoms with Gasteiger partial charge in [0.05, 0.1) is 6.61 Å². The summed E-state index contributed by atoms with van der Waals surface area (Å²) in [7, 11) is 0. The topological polar surface area (TPSA) is 124 Å². The average molecular weight is 301 g/mol. The highest BCUT2D eigenvalue weighted by Crippen LogP contribution is 2.08. The Hall–Kier alpha value is -2.15. The maximum Gasteiger partial charge on any atom is 0.209 e. The van der Waals surface area contributed by atoms with E-state index in [1.54, 1.807) is 0 Å². The number of para-hydroxylation sites is 1. The largest absolute Gasteiger partial charge is 0.494 e. The summed E-state index contributed by atoms with van der Waals surface area (Å²) in [6.45, 7) is 1.25. The van der Waals surface area contributed by atoms with Gasteiger partial charge in [-0.1, -0.05) is 18.2 Å². The van der Waals surface area contributed by atoms with E-state index in [-0.39, 0.29) is 24.3 Å². The van der Waals surface area contributed by atoms with E-state index in [9.17, 15) is 0 Å². The van der Waals surface area contributed by atoms with Crippen molar-refractivity contribution in [3.05, 3.63) is 30.3 Å². The third-order valence-corrected chi connectivity index (χ3v) is 2.15. The van der Waals surface area contributed by atoms with E-state index in [4.69, 9.17) is 21.9 Å². The molecule has 1 rings (SSSR count). The van der Waals surface area contributed by atoms with Gasteiger partial charge in [-0.3, -0.25) is 4.99 Å². The number of rotatable bonds is 7. The highest BCUT2D eigenvalue weighted by Gasteiger charge is 1.93. The summed E-state index contributed by atoms with van der Waals surface area (Å²) >= 11 is 0. The molecule has 0 atom stereocenters. The maximum atomic E-state index is 5.54. The molecule has 20 heavy (non-hydrogen) atoms. The molecule has 0 saturated carbocycles. The van der Waals surface area contributed by atoms with Crippen LogP contribution in [0.3, 0.4) is 0 Å². The number of aliphatic imine (C=N–C) groups is 1. The molecule has 112 valence electrons. The molecule has 1 aromatic rings. The van der Waals surface area contributed by atoms with E-state index in [1.807, 2.05) is 30.3 Å². The summed E-state index contributed by atoms with van der Waals surface area (Å²) in [4.78, 5) is 4.05. The molecule has 0 aliphatic carbocycles. The number of unbranched alkanes of at least 4 members (excludes halogenated alkanes) is 1. The van der Waals surface area contributed by atoms with Gasteiger partial charge >= 0.3 is 0 Å². The van der Waals surface area contributed by atoms with Crippen LogP contribution in [0, 0.1) is 0 Å². The lowest BCUT2D eigenvalue weighted by Crippen LogP contribution is -2.33. The number of hydrazone groups is 1. The molecule has 0 fully saturated rings. The van der Waals surface area contributed by atoms with Gasteiger partial charge in [-0.05, 0) is 25.0 Å². The lowest BCUT2D eigenvalue weighted by molar-refractivity contribution is 0.308. The molecule has 0 amide bonds. The number of hydrogen-bond donors (Lipinski definition) is 4. The van der Waals surface area contributed by atoms with Gasteiger partial charge in [-0.25, -0.2) is 5.43 Å². The quantitative estimate of drug-likeness (QED) is 0.250. The standard InChI is InChI=1S/C12H20N6O.ClH/c13-11(14)17-18-12(15)16-8-4-5-9-19-10-6-2-1-3-7-10;/h1-3,6-7H,4-5,8-9H2,(H4,13,14,17)(H3,15,16,18);1H. The fraction of sp³-hybridized carbons (Fsp3) is 0.333. The fourth-order valence-electron chi connectivity index (χ4n) is 1.28. The van der Waals surface area contributed by atoms with Crippen LogP contribution in [0.5, 0.6) is 5.75 Å². The van der Waals surface area contributed by atoms with Gasteiger partial charge < -0.3 is 21.9 Å². The van der Waals surface area contributed by atoms with Gasteiger partial charge in [0, 0.05) is 6.54 Å². The van der Waals surface area contributed by atoms with Crippen LogP contribution in [0.1, 0.15) is 12.8 Å². The van der Waals surface area contributed by atoms with Crippen molar-refractivity contribution < 1.29 is 4.74 Å². The van der Waals surface area contributed by atoms with Crippen LogP contribution in [0.15, 0.2) is 40.4 Å². The molecular weight excluding hydrogens is 280 g/mol. The Bertz CT molecular complexity index is 419. The number of halogens is 1. The van der Waals surface area contributed by atoms with Crippen molar-refractivity contribution in [3.8, 4) is 5.75 Å². The zero-order chi connectivity index (χ0) is 13.9. The summed E-state index contributed by atoms with van der Waals surface area (Å²) in [5.74, 6) is 0.978. The van der Waals surface area contributed by atoms with Crippen LogP contribution in [-0.4, -0.2) is 25.1 Å². The Morgan fingerprint density at radius 2 is 1.80 bits per heavy atom. The van der Waals surface area contributed by atoms with E-state index in [0.29, 0.717) is 13.2 Å². The first-order valence-electron chi connectivity index (χ1n) is 6.01. The zero-order valence-corrected chi connectivity index (χ0v) is 12.0. The predicted octanol–water partition coefficient (Wildman–Crippen LogP) is 0.360. The van der Waals surface area contributed by atoms with Crippen molar-refractivity contribution in [2.24, 2.45) is 27.3 Å². The molecule has 7 N–H and O–H groups in total. The van der Waals surface area contributed by atoms with Crippen LogP contribution in [0.4, 0.5) is 0 Å². The second-order valence-electron chi connectivity index (χ2n) is 3.78. The van der Waals surface area contributed by atoms with Crippen molar-refractivity contribution in [1.29, 1.82) is 0 Å². The van der Waals surface area contributed by atoms with Crippen LogP contribution < -0.4 is 27.4 Å². The van der Waals surface area contributed by atoms with Gasteiger partial charge in [0.25, 0.3) is 0 Å². The normalized spacial score (nSPS) is 10.3. The second kappa shape index (κ2) is 10.7. The van der Waals surface area contributed by atoms with Crippen molar-refractivity contribution in [2.75, 3.05) is 13.2 Å². The second-order valence-corrected chi connectivity index (χ2v) is 3.78. The first-order valence-corrected chi connectivity index (χ1v) is 6.01. The smallest absolute Gasteiger partial charge is 0.209 e. The third kappa shape index (κ3) is 8.87. The SMILES string of the molecule is Cl.NC(N)=NNC(N)=NCCCCOc1ccccc1.